The van der Waals surface area contributed by atoms with Crippen molar-refractivity contribution in [3.63, 3.8) is 0 Å². The van der Waals surface area contributed by atoms with Crippen LogP contribution in [0.1, 0.15) is 27.2 Å². The lowest BCUT2D eigenvalue weighted by molar-refractivity contribution is -0.150. The van der Waals surface area contributed by atoms with E-state index in [1.54, 1.807) is 20.8 Å². The van der Waals surface area contributed by atoms with E-state index in [1.165, 1.54) is 4.90 Å². The Hall–Kier alpha value is -0.330. The second-order valence-electron chi connectivity index (χ2n) is 4.54. The molecule has 2 atom stereocenters. The van der Waals surface area contributed by atoms with Crippen LogP contribution in [-0.4, -0.2) is 47.5 Å². The molecule has 0 saturated carbocycles. The molecule has 16 heavy (non-hydrogen) atoms. The maximum absolute atomic E-state index is 12.2. The van der Waals surface area contributed by atoms with Crippen molar-refractivity contribution in [2.45, 2.75) is 44.9 Å². The molecule has 0 aliphatic heterocycles. The largest absolute Gasteiger partial charge is 0.401 e. The number of aliphatic hydroxyl groups excluding tert-OH is 1. The summed E-state index contributed by atoms with van der Waals surface area (Å²) in [5, 5.41) is 8.96. The normalized spacial score (nSPS) is 18.6. The molecule has 0 heterocycles. The molecular formula is C10H21F3N2O. The van der Waals surface area contributed by atoms with Gasteiger partial charge in [0, 0.05) is 11.6 Å². The molecule has 0 bridgehead atoms. The van der Waals surface area contributed by atoms with Crippen LogP contribution in [0.25, 0.3) is 0 Å². The molecular weight excluding hydrogens is 221 g/mol. The molecule has 0 spiro atoms. The third-order valence-corrected chi connectivity index (χ3v) is 2.53. The van der Waals surface area contributed by atoms with Crippen LogP contribution in [0.3, 0.4) is 0 Å². The molecule has 0 rings (SSSR count). The van der Waals surface area contributed by atoms with Gasteiger partial charge in [-0.15, -0.1) is 0 Å². The number of hydrogen-bond acceptors (Lipinski definition) is 3. The van der Waals surface area contributed by atoms with E-state index in [0.717, 1.165) is 0 Å². The van der Waals surface area contributed by atoms with Gasteiger partial charge in [0.05, 0.1) is 13.2 Å². The molecule has 0 saturated heterocycles. The highest BCUT2D eigenvalue weighted by atomic mass is 19.4. The first-order valence-corrected chi connectivity index (χ1v) is 5.32. The van der Waals surface area contributed by atoms with Crippen molar-refractivity contribution in [1.82, 2.24) is 4.90 Å². The summed E-state index contributed by atoms with van der Waals surface area (Å²) in [6.45, 7) is 4.13. The fourth-order valence-corrected chi connectivity index (χ4v) is 1.68. The average molecular weight is 242 g/mol. The Morgan fingerprint density at radius 1 is 1.38 bits per heavy atom. The Morgan fingerprint density at radius 3 is 2.19 bits per heavy atom. The summed E-state index contributed by atoms with van der Waals surface area (Å²) in [6, 6.07) is -0.311. The van der Waals surface area contributed by atoms with E-state index in [-0.39, 0.29) is 12.6 Å². The maximum atomic E-state index is 12.2. The molecule has 3 N–H and O–H groups in total. The van der Waals surface area contributed by atoms with Gasteiger partial charge in [-0.1, -0.05) is 6.92 Å². The minimum Gasteiger partial charge on any atom is -0.394 e. The van der Waals surface area contributed by atoms with E-state index in [1.807, 2.05) is 0 Å². The quantitative estimate of drug-likeness (QED) is 0.739. The van der Waals surface area contributed by atoms with Crippen molar-refractivity contribution in [2.75, 3.05) is 19.7 Å². The highest BCUT2D eigenvalue weighted by molar-refractivity contribution is 4.84. The second-order valence-corrected chi connectivity index (χ2v) is 4.54. The van der Waals surface area contributed by atoms with Crippen molar-refractivity contribution in [3.05, 3.63) is 0 Å². The minimum atomic E-state index is -4.20. The third-order valence-electron chi connectivity index (χ3n) is 2.53. The van der Waals surface area contributed by atoms with Gasteiger partial charge in [-0.05, 0) is 26.8 Å². The lowest BCUT2D eigenvalue weighted by Crippen LogP contribution is -2.49. The number of nitrogens with zero attached hydrogens (tertiary/aromatic N) is 1. The highest BCUT2D eigenvalue weighted by Gasteiger charge is 2.33. The predicted octanol–water partition coefficient (Wildman–Crippen LogP) is 1.36. The molecule has 0 aromatic rings. The number of alkyl halides is 3. The van der Waals surface area contributed by atoms with Crippen LogP contribution in [0, 0.1) is 0 Å². The highest BCUT2D eigenvalue weighted by Crippen LogP contribution is 2.20. The summed E-state index contributed by atoms with van der Waals surface area (Å²) >= 11 is 0. The standard InChI is InChI=1S/C10H21F3N2O/c1-4-15(6-10(11,12)13)8(2)5-9(3,14)7-16/h8,16H,4-7,14H2,1-3H3. The van der Waals surface area contributed by atoms with Gasteiger partial charge in [0.25, 0.3) is 0 Å². The van der Waals surface area contributed by atoms with E-state index in [9.17, 15) is 13.2 Å². The van der Waals surface area contributed by atoms with E-state index in [0.29, 0.717) is 13.0 Å². The van der Waals surface area contributed by atoms with Crippen LogP contribution < -0.4 is 5.73 Å². The van der Waals surface area contributed by atoms with Gasteiger partial charge in [-0.2, -0.15) is 13.2 Å². The SMILES string of the molecule is CCN(CC(F)(F)F)C(C)CC(C)(N)CO. The average Bonchev–Trinajstić information content (AvgIpc) is 2.12. The van der Waals surface area contributed by atoms with Crippen molar-refractivity contribution in [2.24, 2.45) is 5.73 Å². The van der Waals surface area contributed by atoms with Crippen LogP contribution in [0.5, 0.6) is 0 Å². The summed E-state index contributed by atoms with van der Waals surface area (Å²) in [7, 11) is 0. The van der Waals surface area contributed by atoms with Gasteiger partial charge in [0.15, 0.2) is 0 Å². The first-order chi connectivity index (χ1) is 7.11. The summed E-state index contributed by atoms with van der Waals surface area (Å²) in [5.74, 6) is 0. The molecule has 0 aromatic heterocycles. The molecule has 0 radical (unpaired) electrons. The molecule has 0 aliphatic carbocycles. The molecule has 2 unspecified atom stereocenters. The summed E-state index contributed by atoms with van der Waals surface area (Å²) in [6.07, 6.45) is -3.87. The predicted molar refractivity (Wildman–Crippen MR) is 57.1 cm³/mol. The first-order valence-electron chi connectivity index (χ1n) is 5.32. The molecule has 6 heteroatoms. The minimum absolute atomic E-state index is 0.235. The number of hydrogen-bond donors (Lipinski definition) is 2. The monoisotopic (exact) mass is 242 g/mol. The zero-order chi connectivity index (χ0) is 13.0. The van der Waals surface area contributed by atoms with Gasteiger partial charge in [0.2, 0.25) is 0 Å². The number of nitrogens with two attached hydrogens (primary N) is 1. The number of halogens is 3. The van der Waals surface area contributed by atoms with Crippen LogP contribution in [-0.2, 0) is 0 Å². The number of aliphatic hydroxyl groups is 1. The van der Waals surface area contributed by atoms with Crippen molar-refractivity contribution < 1.29 is 18.3 Å². The van der Waals surface area contributed by atoms with Crippen LogP contribution >= 0.6 is 0 Å². The third kappa shape index (κ3) is 6.30. The maximum Gasteiger partial charge on any atom is 0.401 e. The molecule has 0 fully saturated rings. The smallest absolute Gasteiger partial charge is 0.394 e. The second kappa shape index (κ2) is 5.84. The number of rotatable bonds is 6. The van der Waals surface area contributed by atoms with Gasteiger partial charge in [0.1, 0.15) is 0 Å². The van der Waals surface area contributed by atoms with E-state index >= 15 is 0 Å². The van der Waals surface area contributed by atoms with Gasteiger partial charge < -0.3 is 10.8 Å². The fraction of sp³-hybridized carbons (Fsp3) is 1.00. The van der Waals surface area contributed by atoms with E-state index in [4.69, 9.17) is 10.8 Å². The zero-order valence-electron chi connectivity index (χ0n) is 10.0. The molecule has 0 aliphatic rings. The topological polar surface area (TPSA) is 49.5 Å². The van der Waals surface area contributed by atoms with Crippen molar-refractivity contribution in [1.29, 1.82) is 0 Å². The summed E-state index contributed by atoms with van der Waals surface area (Å²) < 4.78 is 36.7. The van der Waals surface area contributed by atoms with Crippen LogP contribution in [0.15, 0.2) is 0 Å². The lowest BCUT2D eigenvalue weighted by atomic mass is 9.95. The van der Waals surface area contributed by atoms with Gasteiger partial charge >= 0.3 is 6.18 Å². The van der Waals surface area contributed by atoms with Crippen LogP contribution in [0.2, 0.25) is 0 Å². The van der Waals surface area contributed by atoms with Gasteiger partial charge in [-0.3, -0.25) is 4.90 Å². The Balaban J connectivity index is 4.37. The Kier molecular flexibility index (Phi) is 5.72. The molecule has 0 amide bonds. The van der Waals surface area contributed by atoms with E-state index in [2.05, 4.69) is 0 Å². The van der Waals surface area contributed by atoms with Crippen molar-refractivity contribution in [3.8, 4) is 0 Å². The fourth-order valence-electron chi connectivity index (χ4n) is 1.68. The molecule has 98 valence electrons. The first kappa shape index (κ1) is 15.7. The molecule has 0 aromatic carbocycles. The summed E-state index contributed by atoms with van der Waals surface area (Å²) in [4.78, 5) is 1.31. The van der Waals surface area contributed by atoms with Crippen molar-refractivity contribution >= 4 is 0 Å². The lowest BCUT2D eigenvalue weighted by Gasteiger charge is -2.33. The Labute approximate surface area is 94.4 Å². The summed E-state index contributed by atoms with van der Waals surface area (Å²) in [5.41, 5.74) is 4.88. The molecule has 3 nitrogen and oxygen atoms in total. The van der Waals surface area contributed by atoms with Gasteiger partial charge in [-0.25, -0.2) is 0 Å². The Morgan fingerprint density at radius 2 is 1.88 bits per heavy atom. The zero-order valence-corrected chi connectivity index (χ0v) is 10.0. The van der Waals surface area contributed by atoms with Crippen LogP contribution in [0.4, 0.5) is 13.2 Å². The Bertz CT molecular complexity index is 207. The van der Waals surface area contributed by atoms with E-state index < -0.39 is 18.3 Å².